The van der Waals surface area contributed by atoms with E-state index in [2.05, 4.69) is 15.0 Å². The van der Waals surface area contributed by atoms with Crippen LogP contribution in [0.15, 0.2) is 134 Å². The number of cyclic esters (lactones) is 3. The van der Waals surface area contributed by atoms with Gasteiger partial charge in [0.05, 0.1) is 119 Å². The van der Waals surface area contributed by atoms with Gasteiger partial charge in [0.1, 0.15) is 53.4 Å². The van der Waals surface area contributed by atoms with E-state index in [-0.39, 0.29) is 102 Å². The second-order valence-corrected chi connectivity index (χ2v) is 33.9. The highest BCUT2D eigenvalue weighted by Gasteiger charge is 2.47. The maximum atomic E-state index is 15.6. The molecule has 0 spiro atoms. The number of carbonyl (C=O) groups excluding carboxylic acids is 5. The Bertz CT molecular complexity index is 6110. The van der Waals surface area contributed by atoms with Crippen molar-refractivity contribution in [2.24, 2.45) is 0 Å². The summed E-state index contributed by atoms with van der Waals surface area (Å²) in [5.74, 6) is -1.20. The number of esters is 2. The molecular weight excluding hydrogens is 1760 g/mol. The fraction of sp³-hybridized carbons (Fsp3) is 0.385. The normalized spacial score (nSPS) is 18.4. The largest absolute Gasteiger partial charge is 0.496 e. The SMILES string of the molecule is COC(=O)CCc1ccc(OC)c(-c2cnc(N3CC(F)C3)nc2CN2C(=O)O[C@H](c3cc(C)cc(C(F)(F)F)c3)[C@@H]2C)c1.COC(=O)c1ccc(-c2cc(-c3cnc(N4CCC4)nc3CN3C(=O)O[C@H](c4cc(C)cc(C(F)(F)F)c4)[C@@H]3C)c(F)cc2F)c(C)c1.COc1cc(F)c(C(C)C)cc1-c1cnc(N2CCC2)nc1CN1C(=O)O[C@H](c2cc(C)cc(C(F)(F)F)c2)[C@@H]1C. The highest BCUT2D eigenvalue weighted by Crippen LogP contribution is 2.47. The van der Waals surface area contributed by atoms with Crippen molar-refractivity contribution in [3.05, 3.63) is 241 Å². The van der Waals surface area contributed by atoms with E-state index >= 15 is 8.78 Å². The van der Waals surface area contributed by atoms with Crippen molar-refractivity contribution in [2.45, 2.75) is 175 Å². The summed E-state index contributed by atoms with van der Waals surface area (Å²) in [6.07, 6.45) is -12.6. The molecule has 16 rings (SSSR count). The maximum Gasteiger partial charge on any atom is 0.416 e. The van der Waals surface area contributed by atoms with E-state index in [9.17, 15) is 72.3 Å². The molecule has 702 valence electrons. The van der Waals surface area contributed by atoms with Gasteiger partial charge in [-0.25, -0.2) is 66.6 Å². The summed E-state index contributed by atoms with van der Waals surface area (Å²) in [5.41, 5.74) is 5.57. The Balaban J connectivity index is 0.000000161. The molecule has 37 heteroatoms. The summed E-state index contributed by atoms with van der Waals surface area (Å²) < 4.78 is 219. The van der Waals surface area contributed by atoms with Crippen LogP contribution in [0, 0.1) is 45.1 Å². The number of halogens is 13. The van der Waals surface area contributed by atoms with Gasteiger partial charge in [-0.3, -0.25) is 19.5 Å². The Hall–Kier alpha value is -13.4. The molecule has 24 nitrogen and oxygen atoms in total. The van der Waals surface area contributed by atoms with Crippen molar-refractivity contribution in [1.29, 1.82) is 0 Å². The Labute approximate surface area is 757 Å². The Morgan fingerprint density at radius 2 is 0.857 bits per heavy atom. The van der Waals surface area contributed by atoms with Crippen molar-refractivity contribution in [3.8, 4) is 56.0 Å². The number of aromatic nitrogens is 6. The molecule has 3 aromatic heterocycles. The van der Waals surface area contributed by atoms with Crippen LogP contribution < -0.4 is 24.2 Å². The summed E-state index contributed by atoms with van der Waals surface area (Å²) in [6, 6.07) is 24.0. The van der Waals surface area contributed by atoms with E-state index in [1.54, 1.807) is 101 Å². The molecule has 0 radical (unpaired) electrons. The molecule has 6 aliphatic heterocycles. The van der Waals surface area contributed by atoms with Gasteiger partial charge in [0.2, 0.25) is 17.8 Å². The molecule has 7 aromatic carbocycles. The standard InChI is InChI=1S/C35H31F5N4O4.C31H32F4N4O5.C30H32F4N4O3/c1-18-10-22(13-23(11-18)35(38,39)40)31-20(3)44(34(46)48-31)17-30-27(16-41-33(42-30)43-8-5-9-43)26-14-25(28(36)15-29(26)37)24-7-6-21(12-19(24)2)32(45)47-4;1-17-9-20(12-21(10-17)31(33,34)35)28-18(2)39(30(41)44-28)16-25-24(13-36-29(37-25)38-14-22(32)15-38)23-11-19(5-7-26(23)42-3)6-8-27(40)43-4;1-16(2)21-12-22(26(40-5)13-24(21)31)23-14-35-28(37-7-6-8-37)36-25(23)15-38-18(4)27(41-29(38)39)19-9-17(3)10-20(11-19)30(32,33)34/h6-7,10-16,20,31H,5,8-9,17H2,1-4H3;5,7,9-13,18,22,28H,6,8,14-16H2,1-4H3;9-14,16,18,27H,6-8,15H2,1-5H3/t20-,31-;18-,28-;18-,27-/m000/s1. The summed E-state index contributed by atoms with van der Waals surface area (Å²) >= 11 is 0. The zero-order chi connectivity index (χ0) is 95.9. The number of rotatable bonds is 23. The number of aryl methyl sites for hydroxylation is 5. The van der Waals surface area contributed by atoms with Gasteiger partial charge >= 0.3 is 48.7 Å². The number of alkyl halides is 10. The summed E-state index contributed by atoms with van der Waals surface area (Å²) in [4.78, 5) is 101. The van der Waals surface area contributed by atoms with Crippen molar-refractivity contribution >= 4 is 48.1 Å². The maximum absolute atomic E-state index is 15.6. The predicted octanol–water partition coefficient (Wildman–Crippen LogP) is 20.7. The summed E-state index contributed by atoms with van der Waals surface area (Å²) in [7, 11) is 5.52. The molecule has 0 bridgehead atoms. The van der Waals surface area contributed by atoms with E-state index in [1.807, 2.05) is 35.8 Å². The van der Waals surface area contributed by atoms with Crippen LogP contribution in [0.25, 0.3) is 44.5 Å². The third-order valence-corrected chi connectivity index (χ3v) is 24.3. The van der Waals surface area contributed by atoms with Gasteiger partial charge in [-0.1, -0.05) is 60.9 Å². The molecule has 9 heterocycles. The highest BCUT2D eigenvalue weighted by molar-refractivity contribution is 5.91. The summed E-state index contributed by atoms with van der Waals surface area (Å²) in [6.45, 7) is 18.2. The minimum Gasteiger partial charge on any atom is -0.496 e. The highest BCUT2D eigenvalue weighted by atomic mass is 19.4. The van der Waals surface area contributed by atoms with Gasteiger partial charge in [0, 0.05) is 102 Å². The molecule has 6 atom stereocenters. The number of ether oxygens (including phenoxy) is 7. The van der Waals surface area contributed by atoms with Gasteiger partial charge in [0.15, 0.2) is 0 Å². The molecule has 133 heavy (non-hydrogen) atoms. The first-order valence-corrected chi connectivity index (χ1v) is 42.7. The van der Waals surface area contributed by atoms with Crippen LogP contribution in [0.1, 0.15) is 172 Å². The first-order chi connectivity index (χ1) is 63.0. The lowest BCUT2D eigenvalue weighted by atomic mass is 9.94. The van der Waals surface area contributed by atoms with Crippen LogP contribution in [-0.2, 0) is 73.1 Å². The van der Waals surface area contributed by atoms with Crippen molar-refractivity contribution < 1.29 is 114 Å². The van der Waals surface area contributed by atoms with Crippen molar-refractivity contribution in [3.63, 3.8) is 0 Å². The molecule has 0 aliphatic carbocycles. The number of hydrogen-bond donors (Lipinski definition) is 0. The van der Waals surface area contributed by atoms with Crippen LogP contribution in [0.4, 0.5) is 89.3 Å². The van der Waals surface area contributed by atoms with Crippen LogP contribution in [-0.4, -0.2) is 167 Å². The lowest BCUT2D eigenvalue weighted by Gasteiger charge is -2.34. The zero-order valence-corrected chi connectivity index (χ0v) is 74.7. The lowest BCUT2D eigenvalue weighted by Crippen LogP contribution is -2.49. The first kappa shape index (κ1) is 95.7. The molecule has 0 saturated carbocycles. The van der Waals surface area contributed by atoms with Crippen molar-refractivity contribution in [1.82, 2.24) is 44.6 Å². The van der Waals surface area contributed by atoms with E-state index in [4.69, 9.17) is 48.1 Å². The number of amides is 3. The van der Waals surface area contributed by atoms with Crippen LogP contribution in [0.5, 0.6) is 11.5 Å². The molecular formula is C96H95F13N12O12. The third kappa shape index (κ3) is 20.8. The Kier molecular flexibility index (Phi) is 27.9. The fourth-order valence-corrected chi connectivity index (χ4v) is 16.8. The van der Waals surface area contributed by atoms with E-state index in [1.165, 1.54) is 74.5 Å². The fourth-order valence-electron chi connectivity index (χ4n) is 16.8. The number of methoxy groups -OCH3 is 4. The van der Waals surface area contributed by atoms with Gasteiger partial charge in [-0.05, 0) is 185 Å². The van der Waals surface area contributed by atoms with E-state index in [0.717, 1.165) is 74.0 Å². The van der Waals surface area contributed by atoms with Gasteiger partial charge < -0.3 is 47.9 Å². The minimum absolute atomic E-state index is 0.00464. The zero-order valence-electron chi connectivity index (χ0n) is 74.7. The molecule has 3 amide bonds. The molecule has 6 fully saturated rings. The molecule has 6 aliphatic rings. The van der Waals surface area contributed by atoms with E-state index < -0.39 is 120 Å². The predicted molar refractivity (Wildman–Crippen MR) is 463 cm³/mol. The van der Waals surface area contributed by atoms with Gasteiger partial charge in [-0.15, -0.1) is 0 Å². The average molecular weight is 1860 g/mol. The molecule has 10 aromatic rings. The molecule has 6 saturated heterocycles. The number of nitrogens with zero attached hydrogens (tertiary/aromatic N) is 12. The van der Waals surface area contributed by atoms with E-state index in [0.29, 0.717) is 110 Å². The van der Waals surface area contributed by atoms with Gasteiger partial charge in [0.25, 0.3) is 0 Å². The summed E-state index contributed by atoms with van der Waals surface area (Å²) in [5, 5.41) is 0. The number of hydrogen-bond acceptors (Lipinski definition) is 21. The number of anilines is 3. The number of carbonyl (C=O) groups is 5. The van der Waals surface area contributed by atoms with Crippen LogP contribution >= 0.6 is 0 Å². The monoisotopic (exact) mass is 1850 g/mol. The Morgan fingerprint density at radius 1 is 0.451 bits per heavy atom. The van der Waals surface area contributed by atoms with Crippen LogP contribution in [0.3, 0.4) is 0 Å². The van der Waals surface area contributed by atoms with Crippen molar-refractivity contribution in [2.75, 3.05) is 82.4 Å². The minimum atomic E-state index is -4.59. The first-order valence-electron chi connectivity index (χ1n) is 42.7. The number of benzene rings is 7. The second-order valence-electron chi connectivity index (χ2n) is 33.9. The van der Waals surface area contributed by atoms with Crippen LogP contribution in [0.2, 0.25) is 0 Å². The smallest absolute Gasteiger partial charge is 0.416 e. The second kappa shape index (κ2) is 38.8. The van der Waals surface area contributed by atoms with Gasteiger partial charge in [-0.2, -0.15) is 39.5 Å². The third-order valence-electron chi connectivity index (χ3n) is 24.3. The topological polar surface area (TPSA) is 247 Å². The quantitative estimate of drug-likeness (QED) is 0.0328. The lowest BCUT2D eigenvalue weighted by molar-refractivity contribution is -0.141. The molecule has 0 unspecified atom stereocenters. The average Bonchev–Trinajstić information content (AvgIpc) is 1.75. The Morgan fingerprint density at radius 3 is 1.23 bits per heavy atom. The molecule has 0 N–H and O–H groups in total.